The van der Waals surface area contributed by atoms with Crippen LogP contribution in [0.15, 0.2) is 47.5 Å². The van der Waals surface area contributed by atoms with E-state index in [1.54, 1.807) is 18.3 Å². The molecule has 0 spiro atoms. The van der Waals surface area contributed by atoms with Gasteiger partial charge in [0.25, 0.3) is 5.69 Å². The molecule has 0 radical (unpaired) electrons. The third kappa shape index (κ3) is 4.18. The molecule has 1 aromatic heterocycles. The first kappa shape index (κ1) is 23.2. The number of aromatic nitrogens is 1. The molecule has 1 atom stereocenters. The number of nitro groups is 2. The molecule has 6 N–H and O–H groups in total. The van der Waals surface area contributed by atoms with Crippen LogP contribution in [0.25, 0.3) is 0 Å². The summed E-state index contributed by atoms with van der Waals surface area (Å²) in [4.78, 5) is 29.4. The molecule has 0 bridgehead atoms. The number of aliphatic imine (C=N–C) groups is 1. The smallest absolute Gasteiger partial charge is 0.318 e. The number of nitriles is 2. The Morgan fingerprint density at radius 1 is 1.08 bits per heavy atom. The van der Waals surface area contributed by atoms with E-state index in [1.807, 2.05) is 6.07 Å². The standard InChI is InChI=1S/C21H14N10O5/c22-8-13-17(24)16-18(27-21(26-9-23)29-20(16)28-19(13)25)10-1-4-12(5-2-10)36-15-6-3-11(30(32)33)7-14(15)31(34)35/h1-7,18H,(H6,24,25,26,27,28,29). The number of rotatable bonds is 5. The lowest BCUT2D eigenvalue weighted by Gasteiger charge is -2.26. The molecule has 4 rings (SSSR count). The van der Waals surface area contributed by atoms with E-state index in [4.69, 9.17) is 21.5 Å². The van der Waals surface area contributed by atoms with Gasteiger partial charge in [0.2, 0.25) is 11.7 Å². The number of pyridine rings is 1. The Morgan fingerprint density at radius 2 is 1.81 bits per heavy atom. The van der Waals surface area contributed by atoms with E-state index >= 15 is 0 Å². The lowest BCUT2D eigenvalue weighted by molar-refractivity contribution is -0.394. The zero-order chi connectivity index (χ0) is 26.0. The second kappa shape index (κ2) is 9.12. The highest BCUT2D eigenvalue weighted by molar-refractivity contribution is 5.98. The predicted molar refractivity (Wildman–Crippen MR) is 126 cm³/mol. The van der Waals surface area contributed by atoms with Crippen LogP contribution in [-0.2, 0) is 0 Å². The highest BCUT2D eigenvalue weighted by Gasteiger charge is 2.30. The third-order valence-corrected chi connectivity index (χ3v) is 5.13. The van der Waals surface area contributed by atoms with Crippen molar-refractivity contribution in [1.82, 2.24) is 10.3 Å². The van der Waals surface area contributed by atoms with Gasteiger partial charge in [0, 0.05) is 11.6 Å². The molecule has 0 amide bonds. The Hall–Kier alpha value is -5.96. The first-order valence-electron chi connectivity index (χ1n) is 9.93. The van der Waals surface area contributed by atoms with Gasteiger partial charge in [-0.25, -0.2) is 9.98 Å². The van der Waals surface area contributed by atoms with Crippen molar-refractivity contribution in [2.24, 2.45) is 4.99 Å². The van der Waals surface area contributed by atoms with Crippen LogP contribution in [0, 0.1) is 43.0 Å². The largest absolute Gasteiger partial charge is 0.450 e. The number of nitrogens with one attached hydrogen (secondary N) is 2. The Balaban J connectivity index is 1.71. The maximum Gasteiger partial charge on any atom is 0.318 e. The van der Waals surface area contributed by atoms with E-state index in [0.717, 1.165) is 18.2 Å². The summed E-state index contributed by atoms with van der Waals surface area (Å²) in [6.45, 7) is 0. The molecule has 0 aliphatic carbocycles. The summed E-state index contributed by atoms with van der Waals surface area (Å²) in [6.07, 6.45) is 1.75. The number of nitrogens with zero attached hydrogens (tertiary/aromatic N) is 6. The first-order chi connectivity index (χ1) is 17.2. The summed E-state index contributed by atoms with van der Waals surface area (Å²) < 4.78 is 5.59. The van der Waals surface area contributed by atoms with Crippen molar-refractivity contribution in [2.45, 2.75) is 6.04 Å². The van der Waals surface area contributed by atoms with Gasteiger partial charge in [0.15, 0.2) is 6.19 Å². The highest BCUT2D eigenvalue weighted by atomic mass is 16.6. The van der Waals surface area contributed by atoms with Crippen LogP contribution in [0.4, 0.5) is 28.7 Å². The Kier molecular flexibility index (Phi) is 5.88. The summed E-state index contributed by atoms with van der Waals surface area (Å²) >= 11 is 0. The number of hydrogen-bond acceptors (Lipinski definition) is 13. The van der Waals surface area contributed by atoms with E-state index in [9.17, 15) is 25.5 Å². The molecule has 2 aromatic carbocycles. The zero-order valence-electron chi connectivity index (χ0n) is 18.0. The van der Waals surface area contributed by atoms with Crippen molar-refractivity contribution in [1.29, 1.82) is 10.5 Å². The molecule has 0 saturated carbocycles. The Labute approximate surface area is 201 Å². The number of nitrogens with two attached hydrogens (primary N) is 2. The number of benzene rings is 2. The highest BCUT2D eigenvalue weighted by Crippen LogP contribution is 2.41. The molecule has 0 saturated heterocycles. The molecule has 2 heterocycles. The van der Waals surface area contributed by atoms with Gasteiger partial charge < -0.3 is 21.5 Å². The molecule has 1 aliphatic rings. The van der Waals surface area contributed by atoms with Crippen LogP contribution in [0.3, 0.4) is 0 Å². The maximum atomic E-state index is 11.4. The quantitative estimate of drug-likeness (QED) is 0.176. The molecule has 1 unspecified atom stereocenters. The average Bonchev–Trinajstić information content (AvgIpc) is 2.84. The number of fused-ring (bicyclic) bond motifs is 1. The fourth-order valence-corrected chi connectivity index (χ4v) is 3.52. The molecule has 1 aliphatic heterocycles. The van der Waals surface area contributed by atoms with E-state index in [-0.39, 0.29) is 40.3 Å². The van der Waals surface area contributed by atoms with E-state index < -0.39 is 27.3 Å². The number of nitro benzene ring substituents is 2. The van der Waals surface area contributed by atoms with Gasteiger partial charge in [0.1, 0.15) is 35.1 Å². The number of nitrogen functional groups attached to an aromatic ring is 2. The lowest BCUT2D eigenvalue weighted by atomic mass is 9.95. The van der Waals surface area contributed by atoms with Crippen molar-refractivity contribution >= 4 is 34.7 Å². The Bertz CT molecular complexity index is 1520. The van der Waals surface area contributed by atoms with E-state index in [2.05, 4.69) is 20.6 Å². The van der Waals surface area contributed by atoms with Gasteiger partial charge in [-0.3, -0.25) is 25.5 Å². The third-order valence-electron chi connectivity index (χ3n) is 5.13. The van der Waals surface area contributed by atoms with Crippen LogP contribution in [-0.4, -0.2) is 20.8 Å². The summed E-state index contributed by atoms with van der Waals surface area (Å²) in [7, 11) is 0. The van der Waals surface area contributed by atoms with Crippen molar-refractivity contribution in [3.8, 4) is 23.8 Å². The molecular formula is C21H14N10O5. The van der Waals surface area contributed by atoms with Gasteiger partial charge in [0.05, 0.1) is 21.6 Å². The van der Waals surface area contributed by atoms with Crippen LogP contribution in [0.2, 0.25) is 0 Å². The minimum atomic E-state index is -0.792. The molecule has 0 fully saturated rings. The van der Waals surface area contributed by atoms with Crippen molar-refractivity contribution in [3.63, 3.8) is 0 Å². The predicted octanol–water partition coefficient (Wildman–Crippen LogP) is 2.67. The summed E-state index contributed by atoms with van der Waals surface area (Å²) in [5.41, 5.74) is 12.0. The molecule has 15 heteroatoms. The van der Waals surface area contributed by atoms with Gasteiger partial charge in [-0.2, -0.15) is 10.5 Å². The number of hydrogen-bond donors (Lipinski definition) is 4. The monoisotopic (exact) mass is 486 g/mol. The number of anilines is 3. The number of ether oxygens (including phenoxy) is 1. The summed E-state index contributed by atoms with van der Waals surface area (Å²) in [5, 5.41) is 45.9. The maximum absolute atomic E-state index is 11.4. The lowest BCUT2D eigenvalue weighted by Crippen LogP contribution is -2.32. The van der Waals surface area contributed by atoms with Crippen LogP contribution in [0.5, 0.6) is 11.5 Å². The second-order valence-electron chi connectivity index (χ2n) is 7.24. The minimum absolute atomic E-state index is 0.0159. The van der Waals surface area contributed by atoms with Gasteiger partial charge in [-0.15, -0.1) is 0 Å². The fraction of sp³-hybridized carbons (Fsp3) is 0.0476. The second-order valence-corrected chi connectivity index (χ2v) is 7.24. The topological polar surface area (TPSA) is 244 Å². The fourth-order valence-electron chi connectivity index (χ4n) is 3.52. The van der Waals surface area contributed by atoms with Gasteiger partial charge in [-0.1, -0.05) is 12.1 Å². The van der Waals surface area contributed by atoms with Crippen molar-refractivity contribution in [3.05, 3.63) is 79.4 Å². The molecule has 36 heavy (non-hydrogen) atoms. The van der Waals surface area contributed by atoms with Gasteiger partial charge >= 0.3 is 5.69 Å². The van der Waals surface area contributed by atoms with Crippen molar-refractivity contribution < 1.29 is 14.6 Å². The van der Waals surface area contributed by atoms with E-state index in [0.29, 0.717) is 11.1 Å². The van der Waals surface area contributed by atoms with E-state index in [1.165, 1.54) is 12.1 Å². The zero-order valence-corrected chi connectivity index (χ0v) is 18.0. The molecular weight excluding hydrogens is 472 g/mol. The summed E-state index contributed by atoms with van der Waals surface area (Å²) in [5.74, 6) is 0.208. The molecule has 15 nitrogen and oxygen atoms in total. The molecule has 178 valence electrons. The van der Waals surface area contributed by atoms with Crippen molar-refractivity contribution in [2.75, 3.05) is 16.8 Å². The van der Waals surface area contributed by atoms with Crippen LogP contribution < -0.4 is 26.8 Å². The molecule has 3 aromatic rings. The SMILES string of the molecule is N#CNC1=NC(c2ccc(Oc3ccc([N+](=O)[O-])cc3[N+](=O)[O-])cc2)c2c(nc(N)c(C#N)c2N)N1. The van der Waals surface area contributed by atoms with Gasteiger partial charge in [-0.05, 0) is 23.8 Å². The minimum Gasteiger partial charge on any atom is -0.450 e. The average molecular weight is 486 g/mol. The Morgan fingerprint density at radius 3 is 2.42 bits per heavy atom. The van der Waals surface area contributed by atoms with Crippen LogP contribution in [0.1, 0.15) is 22.7 Å². The number of non-ortho nitro benzene ring substituents is 1. The first-order valence-corrected chi connectivity index (χ1v) is 9.93. The van der Waals surface area contributed by atoms with Crippen LogP contribution >= 0.6 is 0 Å². The normalized spacial score (nSPS) is 13.7. The summed E-state index contributed by atoms with van der Waals surface area (Å²) in [6, 6.07) is 10.4. The number of guanidine groups is 1.